The molecule has 0 N–H and O–H groups in total. The van der Waals surface area contributed by atoms with Gasteiger partial charge in [-0.05, 0) is 34.0 Å². The van der Waals surface area contributed by atoms with Gasteiger partial charge in [0, 0.05) is 5.56 Å². The summed E-state index contributed by atoms with van der Waals surface area (Å²) in [6.07, 6.45) is 6.04. The number of benzene rings is 4. The number of fused-ring (bicyclic) bond motifs is 1. The van der Waals surface area contributed by atoms with E-state index in [9.17, 15) is 0 Å². The summed E-state index contributed by atoms with van der Waals surface area (Å²) in [6.45, 7) is 0. The van der Waals surface area contributed by atoms with Crippen LogP contribution in [0.15, 0.2) is 103 Å². The van der Waals surface area contributed by atoms with Gasteiger partial charge in [-0.3, -0.25) is 0 Å². The number of rotatable bonds is 4. The molecule has 1 aromatic heterocycles. The fraction of sp³-hybridized carbons (Fsp3) is 0. The minimum absolute atomic E-state index is 0.870. The van der Waals surface area contributed by atoms with Crippen LogP contribution in [0.2, 0.25) is 0 Å². The predicted molar refractivity (Wildman–Crippen MR) is 120 cm³/mol. The van der Waals surface area contributed by atoms with Gasteiger partial charge in [-0.1, -0.05) is 97.1 Å². The van der Waals surface area contributed by atoms with Gasteiger partial charge in [0.15, 0.2) is 0 Å². The van der Waals surface area contributed by atoms with Crippen molar-refractivity contribution in [2.75, 3.05) is 0 Å². The molecule has 0 aliphatic rings. The van der Waals surface area contributed by atoms with E-state index in [0.717, 1.165) is 22.5 Å². The second-order valence-electron chi connectivity index (χ2n) is 6.88. The first-order valence-electron chi connectivity index (χ1n) is 9.61. The summed E-state index contributed by atoms with van der Waals surface area (Å²) in [4.78, 5) is 1.68. The maximum atomic E-state index is 4.71. The molecule has 0 unspecified atom stereocenters. The van der Waals surface area contributed by atoms with Crippen molar-refractivity contribution in [2.45, 2.75) is 0 Å². The lowest BCUT2D eigenvalue weighted by molar-refractivity contribution is 0.754. The molecule has 29 heavy (non-hydrogen) atoms. The van der Waals surface area contributed by atoms with Crippen LogP contribution >= 0.6 is 0 Å². The molecule has 3 heteroatoms. The molecule has 0 aliphatic carbocycles. The highest BCUT2D eigenvalue weighted by Crippen LogP contribution is 2.27. The van der Waals surface area contributed by atoms with E-state index in [4.69, 9.17) is 5.10 Å². The average Bonchev–Trinajstić information content (AvgIpc) is 3.28. The minimum Gasteiger partial charge on any atom is -0.156 e. The van der Waals surface area contributed by atoms with Crippen molar-refractivity contribution >= 4 is 22.9 Å². The summed E-state index contributed by atoms with van der Waals surface area (Å²) in [5.41, 5.74) is 5.23. The fourth-order valence-electron chi connectivity index (χ4n) is 3.44. The zero-order valence-electron chi connectivity index (χ0n) is 15.8. The molecule has 0 spiro atoms. The van der Waals surface area contributed by atoms with Gasteiger partial charge in [0.25, 0.3) is 0 Å². The van der Waals surface area contributed by atoms with Crippen LogP contribution in [0.4, 0.5) is 0 Å². The third-order valence-corrected chi connectivity index (χ3v) is 4.95. The van der Waals surface area contributed by atoms with Gasteiger partial charge in [0.2, 0.25) is 0 Å². The van der Waals surface area contributed by atoms with E-state index in [1.165, 1.54) is 16.3 Å². The Balaban J connectivity index is 1.41. The van der Waals surface area contributed by atoms with Crippen LogP contribution in [-0.2, 0) is 0 Å². The Hall–Kier alpha value is -3.98. The van der Waals surface area contributed by atoms with Crippen LogP contribution < -0.4 is 0 Å². The average molecular weight is 373 g/mol. The van der Waals surface area contributed by atoms with E-state index < -0.39 is 0 Å². The Morgan fingerprint density at radius 3 is 2.14 bits per heavy atom. The lowest BCUT2D eigenvalue weighted by Crippen LogP contribution is -1.98. The van der Waals surface area contributed by atoms with E-state index in [1.54, 1.807) is 4.80 Å². The van der Waals surface area contributed by atoms with E-state index >= 15 is 0 Å². The van der Waals surface area contributed by atoms with E-state index in [1.807, 2.05) is 36.5 Å². The molecular formula is C26H19N3. The maximum Gasteiger partial charge on any atom is 0.114 e. The van der Waals surface area contributed by atoms with Gasteiger partial charge >= 0.3 is 0 Å². The summed E-state index contributed by atoms with van der Waals surface area (Å²) in [6, 6.07) is 33.1. The third-order valence-electron chi connectivity index (χ3n) is 4.95. The normalized spacial score (nSPS) is 11.3. The summed E-state index contributed by atoms with van der Waals surface area (Å²) < 4.78 is 0. The largest absolute Gasteiger partial charge is 0.156 e. The molecule has 0 atom stereocenters. The van der Waals surface area contributed by atoms with Gasteiger partial charge in [-0.15, -0.1) is 5.10 Å². The molecule has 1 heterocycles. The second-order valence-corrected chi connectivity index (χ2v) is 6.88. The molecule has 3 nitrogen and oxygen atoms in total. The second kappa shape index (κ2) is 7.56. The highest BCUT2D eigenvalue weighted by molar-refractivity contribution is 5.95. The Morgan fingerprint density at radius 1 is 0.621 bits per heavy atom. The van der Waals surface area contributed by atoms with Crippen LogP contribution in [0.5, 0.6) is 0 Å². The quantitative estimate of drug-likeness (QED) is 0.348. The molecule has 0 radical (unpaired) electrons. The van der Waals surface area contributed by atoms with Crippen LogP contribution in [0, 0.1) is 0 Å². The Labute approximate surface area is 169 Å². The van der Waals surface area contributed by atoms with E-state index in [-0.39, 0.29) is 0 Å². The maximum absolute atomic E-state index is 4.71. The van der Waals surface area contributed by atoms with Gasteiger partial charge in [-0.2, -0.15) is 9.90 Å². The van der Waals surface area contributed by atoms with Crippen LogP contribution in [0.1, 0.15) is 11.1 Å². The van der Waals surface area contributed by atoms with Crippen molar-refractivity contribution in [1.82, 2.24) is 15.0 Å². The summed E-state index contributed by atoms with van der Waals surface area (Å²) in [5.74, 6) is 0. The zero-order chi connectivity index (χ0) is 19.5. The SMILES string of the molecule is C(=Cc1ccc(-n2ncc(-c3cccc4ccccc34)n2)cc1)c1ccccc1. The molecular weight excluding hydrogens is 354 g/mol. The molecule has 0 saturated carbocycles. The van der Waals surface area contributed by atoms with Crippen molar-refractivity contribution in [3.63, 3.8) is 0 Å². The summed E-state index contributed by atoms with van der Waals surface area (Å²) in [7, 11) is 0. The van der Waals surface area contributed by atoms with Crippen LogP contribution in [0.25, 0.3) is 39.9 Å². The first kappa shape index (κ1) is 17.1. The van der Waals surface area contributed by atoms with Gasteiger partial charge in [0.05, 0.1) is 11.9 Å². The first-order chi connectivity index (χ1) is 14.4. The van der Waals surface area contributed by atoms with E-state index in [0.29, 0.717) is 0 Å². The van der Waals surface area contributed by atoms with Crippen molar-refractivity contribution in [2.24, 2.45) is 0 Å². The Bertz CT molecular complexity index is 1280. The lowest BCUT2D eigenvalue weighted by Gasteiger charge is -2.03. The Morgan fingerprint density at radius 2 is 1.31 bits per heavy atom. The molecule has 0 saturated heterocycles. The van der Waals surface area contributed by atoms with Crippen molar-refractivity contribution in [3.05, 3.63) is 114 Å². The monoisotopic (exact) mass is 373 g/mol. The number of hydrogen-bond donors (Lipinski definition) is 0. The minimum atomic E-state index is 0.870. The zero-order valence-corrected chi connectivity index (χ0v) is 15.8. The van der Waals surface area contributed by atoms with Gasteiger partial charge in [0.1, 0.15) is 5.69 Å². The number of hydrogen-bond acceptors (Lipinski definition) is 2. The number of aromatic nitrogens is 3. The number of nitrogens with zero attached hydrogens (tertiary/aromatic N) is 3. The standard InChI is InChI=1S/C26H19N3/c1-2-7-20(8-3-1)13-14-21-15-17-23(18-16-21)29-27-19-26(28-29)25-12-6-10-22-9-4-5-11-24(22)25/h1-19H. The lowest BCUT2D eigenvalue weighted by atomic mass is 10.0. The highest BCUT2D eigenvalue weighted by Gasteiger charge is 2.08. The van der Waals surface area contributed by atoms with Gasteiger partial charge in [-0.25, -0.2) is 0 Å². The van der Waals surface area contributed by atoms with Crippen LogP contribution in [-0.4, -0.2) is 15.0 Å². The third kappa shape index (κ3) is 3.58. The molecule has 5 rings (SSSR count). The molecule has 5 aromatic rings. The summed E-state index contributed by atoms with van der Waals surface area (Å²) >= 11 is 0. The summed E-state index contributed by atoms with van der Waals surface area (Å²) in [5, 5.41) is 11.6. The first-order valence-corrected chi connectivity index (χ1v) is 9.61. The van der Waals surface area contributed by atoms with Crippen molar-refractivity contribution in [1.29, 1.82) is 0 Å². The fourth-order valence-corrected chi connectivity index (χ4v) is 3.44. The van der Waals surface area contributed by atoms with Crippen molar-refractivity contribution in [3.8, 4) is 16.9 Å². The smallest absolute Gasteiger partial charge is 0.114 e. The van der Waals surface area contributed by atoms with E-state index in [2.05, 4.69) is 84.0 Å². The van der Waals surface area contributed by atoms with Crippen LogP contribution in [0.3, 0.4) is 0 Å². The molecule has 0 amide bonds. The Kier molecular flexibility index (Phi) is 4.47. The van der Waals surface area contributed by atoms with Gasteiger partial charge < -0.3 is 0 Å². The molecule has 0 fully saturated rings. The molecule has 138 valence electrons. The topological polar surface area (TPSA) is 30.7 Å². The predicted octanol–water partition coefficient (Wildman–Crippen LogP) is 6.26. The van der Waals surface area contributed by atoms with Crippen molar-refractivity contribution < 1.29 is 0 Å². The molecule has 0 bridgehead atoms. The highest BCUT2D eigenvalue weighted by atomic mass is 15.5. The molecule has 0 aliphatic heterocycles. The molecule has 4 aromatic carbocycles.